The number of carbonyl (C=O) groups excluding carboxylic acids is 2. The van der Waals surface area contributed by atoms with Crippen molar-refractivity contribution in [1.29, 1.82) is 0 Å². The van der Waals surface area contributed by atoms with Crippen molar-refractivity contribution in [3.8, 4) is 0 Å². The van der Waals surface area contributed by atoms with Gasteiger partial charge in [-0.2, -0.15) is 0 Å². The molecule has 0 aromatic carbocycles. The normalized spacial score (nSPS) is 14.2. The zero-order chi connectivity index (χ0) is 13.1. The average Bonchev–Trinajstić information content (AvgIpc) is 1.96. The van der Waals surface area contributed by atoms with Crippen molar-refractivity contribution in [3.63, 3.8) is 0 Å². The summed E-state index contributed by atoms with van der Waals surface area (Å²) in [5.41, 5.74) is 4.47. The Morgan fingerprint density at radius 3 is 1.81 bits per heavy atom. The molecule has 0 amide bonds. The quantitative estimate of drug-likeness (QED) is 0.550. The van der Waals surface area contributed by atoms with Crippen LogP contribution in [-0.4, -0.2) is 23.8 Å². The van der Waals surface area contributed by atoms with E-state index in [1.807, 2.05) is 0 Å². The largest absolute Gasteiger partial charge is 0.516 e. The van der Waals surface area contributed by atoms with E-state index in [9.17, 15) is 9.59 Å². The third kappa shape index (κ3) is 5.70. The van der Waals surface area contributed by atoms with E-state index in [4.69, 9.17) is 10.5 Å². The molecular formula is C11H21NO4. The lowest BCUT2D eigenvalue weighted by Gasteiger charge is -2.25. The van der Waals surface area contributed by atoms with Crippen LogP contribution in [0.2, 0.25) is 0 Å². The molecule has 2 N–H and O–H groups in total. The van der Waals surface area contributed by atoms with Gasteiger partial charge in [-0.15, -0.1) is 0 Å². The van der Waals surface area contributed by atoms with Gasteiger partial charge in [-0.05, 0) is 26.2 Å². The highest BCUT2D eigenvalue weighted by Crippen LogP contribution is 2.18. The van der Waals surface area contributed by atoms with Crippen LogP contribution in [-0.2, 0) is 14.3 Å². The number of carbonyl (C=O) groups is 2. The Balaban J connectivity index is 4.32. The first-order valence-corrected chi connectivity index (χ1v) is 5.14. The molecule has 0 saturated heterocycles. The standard InChI is InChI=1S/C11H21NO4/c1-10(2,3)7(12)8(13)15-9(14)16-11(4,5)6/h7H,12H2,1-6H3/t7-/m1/s1. The van der Waals surface area contributed by atoms with Gasteiger partial charge in [0.25, 0.3) is 0 Å². The first-order chi connectivity index (χ1) is 6.93. The van der Waals surface area contributed by atoms with Crippen LogP contribution in [0.25, 0.3) is 0 Å². The van der Waals surface area contributed by atoms with E-state index in [0.717, 1.165) is 0 Å². The van der Waals surface area contributed by atoms with E-state index in [0.29, 0.717) is 0 Å². The third-order valence-electron chi connectivity index (χ3n) is 1.76. The van der Waals surface area contributed by atoms with Gasteiger partial charge in [0.15, 0.2) is 0 Å². The number of ether oxygens (including phenoxy) is 2. The van der Waals surface area contributed by atoms with E-state index in [-0.39, 0.29) is 0 Å². The summed E-state index contributed by atoms with van der Waals surface area (Å²) < 4.78 is 9.32. The number of nitrogens with two attached hydrogens (primary N) is 1. The fourth-order valence-corrected chi connectivity index (χ4v) is 0.770. The topological polar surface area (TPSA) is 78.6 Å². The molecule has 0 aromatic heterocycles. The number of rotatable bonds is 1. The van der Waals surface area contributed by atoms with Crippen LogP contribution in [0, 0.1) is 5.41 Å². The molecule has 5 heteroatoms. The Morgan fingerprint density at radius 2 is 1.50 bits per heavy atom. The van der Waals surface area contributed by atoms with Gasteiger partial charge < -0.3 is 15.2 Å². The van der Waals surface area contributed by atoms with Gasteiger partial charge in [-0.25, -0.2) is 9.59 Å². The molecule has 0 aliphatic heterocycles. The Hall–Kier alpha value is -1.10. The first kappa shape index (κ1) is 14.9. The molecule has 0 bridgehead atoms. The molecule has 0 heterocycles. The summed E-state index contributed by atoms with van der Waals surface area (Å²) in [5.74, 6) is -0.776. The van der Waals surface area contributed by atoms with Crippen molar-refractivity contribution in [2.45, 2.75) is 53.2 Å². The van der Waals surface area contributed by atoms with E-state index in [2.05, 4.69) is 4.74 Å². The monoisotopic (exact) mass is 231 g/mol. The zero-order valence-corrected chi connectivity index (χ0v) is 10.8. The average molecular weight is 231 g/mol. The van der Waals surface area contributed by atoms with Crippen LogP contribution in [0.3, 0.4) is 0 Å². The highest BCUT2D eigenvalue weighted by atomic mass is 16.7. The molecule has 0 aliphatic rings. The van der Waals surface area contributed by atoms with Crippen LogP contribution in [0.4, 0.5) is 4.79 Å². The maximum atomic E-state index is 11.4. The number of hydrogen-bond donors (Lipinski definition) is 1. The smallest absolute Gasteiger partial charge is 0.428 e. The summed E-state index contributed by atoms with van der Waals surface area (Å²) in [6, 6.07) is -0.861. The molecule has 0 unspecified atom stereocenters. The van der Waals surface area contributed by atoms with Crippen molar-refractivity contribution in [1.82, 2.24) is 0 Å². The van der Waals surface area contributed by atoms with Crippen LogP contribution in [0.15, 0.2) is 0 Å². The zero-order valence-electron chi connectivity index (χ0n) is 10.8. The van der Waals surface area contributed by atoms with Crippen molar-refractivity contribution < 1.29 is 19.1 Å². The third-order valence-corrected chi connectivity index (χ3v) is 1.76. The Labute approximate surface area is 96.3 Å². The van der Waals surface area contributed by atoms with Gasteiger partial charge in [-0.3, -0.25) is 0 Å². The molecule has 0 spiro atoms. The molecule has 0 rings (SSSR count). The van der Waals surface area contributed by atoms with E-state index < -0.39 is 29.2 Å². The Kier molecular flexibility index (Phi) is 4.49. The molecule has 0 aliphatic carbocycles. The molecule has 5 nitrogen and oxygen atoms in total. The van der Waals surface area contributed by atoms with Crippen LogP contribution in [0.5, 0.6) is 0 Å². The maximum Gasteiger partial charge on any atom is 0.516 e. The molecular weight excluding hydrogens is 210 g/mol. The molecule has 16 heavy (non-hydrogen) atoms. The lowest BCUT2D eigenvalue weighted by molar-refractivity contribution is -0.145. The highest BCUT2D eigenvalue weighted by molar-refractivity contribution is 5.86. The van der Waals surface area contributed by atoms with Gasteiger partial charge in [0.2, 0.25) is 0 Å². The fraction of sp³-hybridized carbons (Fsp3) is 0.818. The SMILES string of the molecule is CC(C)(C)OC(=O)OC(=O)[C@@H](N)C(C)(C)C. The summed E-state index contributed by atoms with van der Waals surface area (Å²) >= 11 is 0. The molecule has 0 saturated carbocycles. The predicted molar refractivity (Wildman–Crippen MR) is 59.8 cm³/mol. The summed E-state index contributed by atoms with van der Waals surface area (Å²) in [6.45, 7) is 10.4. The number of esters is 1. The summed E-state index contributed by atoms with van der Waals surface area (Å²) in [7, 11) is 0. The molecule has 0 radical (unpaired) electrons. The van der Waals surface area contributed by atoms with Crippen LogP contribution >= 0.6 is 0 Å². The van der Waals surface area contributed by atoms with Crippen molar-refractivity contribution in [3.05, 3.63) is 0 Å². The summed E-state index contributed by atoms with van der Waals surface area (Å²) in [6.07, 6.45) is -1.02. The highest BCUT2D eigenvalue weighted by Gasteiger charge is 2.31. The van der Waals surface area contributed by atoms with E-state index in [1.54, 1.807) is 41.5 Å². The van der Waals surface area contributed by atoms with Crippen molar-refractivity contribution in [2.24, 2.45) is 11.1 Å². The predicted octanol–water partition coefficient (Wildman–Crippen LogP) is 1.84. The molecule has 94 valence electrons. The summed E-state index contributed by atoms with van der Waals surface area (Å²) in [5, 5.41) is 0. The molecule has 0 aromatic rings. The second kappa shape index (κ2) is 4.82. The van der Waals surface area contributed by atoms with E-state index >= 15 is 0 Å². The second-order valence-corrected chi connectivity index (χ2v) is 5.73. The van der Waals surface area contributed by atoms with Gasteiger partial charge in [-0.1, -0.05) is 20.8 Å². The minimum atomic E-state index is -1.02. The minimum absolute atomic E-state index is 0.459. The van der Waals surface area contributed by atoms with Gasteiger partial charge in [0, 0.05) is 0 Å². The lowest BCUT2D eigenvalue weighted by atomic mass is 9.87. The van der Waals surface area contributed by atoms with Crippen molar-refractivity contribution >= 4 is 12.1 Å². The maximum absolute atomic E-state index is 11.4. The van der Waals surface area contributed by atoms with Gasteiger partial charge in [0.1, 0.15) is 11.6 Å². The van der Waals surface area contributed by atoms with E-state index in [1.165, 1.54) is 0 Å². The van der Waals surface area contributed by atoms with Gasteiger partial charge >= 0.3 is 12.1 Å². The Bertz CT molecular complexity index is 273. The fourth-order valence-electron chi connectivity index (χ4n) is 0.770. The van der Waals surface area contributed by atoms with Gasteiger partial charge in [0.05, 0.1) is 0 Å². The lowest BCUT2D eigenvalue weighted by Crippen LogP contribution is -2.44. The van der Waals surface area contributed by atoms with Crippen LogP contribution < -0.4 is 5.73 Å². The van der Waals surface area contributed by atoms with Crippen LogP contribution in [0.1, 0.15) is 41.5 Å². The Morgan fingerprint density at radius 1 is 1.06 bits per heavy atom. The minimum Gasteiger partial charge on any atom is -0.428 e. The first-order valence-electron chi connectivity index (χ1n) is 5.14. The second-order valence-electron chi connectivity index (χ2n) is 5.73. The van der Waals surface area contributed by atoms with Crippen molar-refractivity contribution in [2.75, 3.05) is 0 Å². The summed E-state index contributed by atoms with van der Waals surface area (Å²) in [4.78, 5) is 22.6. The number of hydrogen-bond acceptors (Lipinski definition) is 5. The molecule has 1 atom stereocenters. The molecule has 0 fully saturated rings.